The number of hydrogen-bond donors (Lipinski definition) is 0. The summed E-state index contributed by atoms with van der Waals surface area (Å²) in [5.74, 6) is -2.16. The Kier molecular flexibility index (Phi) is 4.96. The third kappa shape index (κ3) is 3.64. The lowest BCUT2D eigenvalue weighted by molar-refractivity contribution is -0.0882. The number of rotatable bonds is 2. The number of carbonyl (C=O) groups excluding carboxylic acids is 2. The smallest absolute Gasteiger partial charge is 0.335 e. The van der Waals surface area contributed by atoms with Gasteiger partial charge in [0.15, 0.2) is 0 Å². The zero-order valence-corrected chi connectivity index (χ0v) is 14.0. The fourth-order valence-electron chi connectivity index (χ4n) is 3.39. The zero-order valence-electron chi connectivity index (χ0n) is 13.1. The van der Waals surface area contributed by atoms with Crippen LogP contribution in [-0.2, 0) is 0 Å². The van der Waals surface area contributed by atoms with Gasteiger partial charge in [-0.25, -0.2) is 0 Å². The molecular formula is C16H19F3N2O2S. The zero-order chi connectivity index (χ0) is 17.3. The van der Waals surface area contributed by atoms with Gasteiger partial charge in [-0.3, -0.25) is 14.5 Å². The van der Waals surface area contributed by atoms with E-state index in [4.69, 9.17) is 0 Å². The van der Waals surface area contributed by atoms with Crippen LogP contribution in [0.15, 0.2) is 12.1 Å². The predicted molar refractivity (Wildman–Crippen MR) is 84.4 cm³/mol. The van der Waals surface area contributed by atoms with Crippen molar-refractivity contribution in [2.45, 2.75) is 37.9 Å². The number of thiophene rings is 1. The molecule has 132 valence electrons. The lowest BCUT2D eigenvalue weighted by atomic mass is 10.1. The maximum absolute atomic E-state index is 12.6. The van der Waals surface area contributed by atoms with Gasteiger partial charge in [-0.2, -0.15) is 13.2 Å². The highest BCUT2D eigenvalue weighted by Gasteiger charge is 2.40. The van der Waals surface area contributed by atoms with Gasteiger partial charge in [-0.1, -0.05) is 12.8 Å². The molecule has 1 unspecified atom stereocenters. The van der Waals surface area contributed by atoms with Gasteiger partial charge in [0, 0.05) is 25.7 Å². The molecule has 0 radical (unpaired) electrons. The molecule has 0 spiro atoms. The van der Waals surface area contributed by atoms with E-state index in [2.05, 4.69) is 4.90 Å². The van der Waals surface area contributed by atoms with Gasteiger partial charge in [0.2, 0.25) is 0 Å². The summed E-state index contributed by atoms with van der Waals surface area (Å²) in [4.78, 5) is 27.7. The number of ketones is 1. The van der Waals surface area contributed by atoms with Crippen molar-refractivity contribution < 1.29 is 22.8 Å². The lowest BCUT2D eigenvalue weighted by Gasteiger charge is -2.40. The van der Waals surface area contributed by atoms with E-state index < -0.39 is 16.8 Å². The topological polar surface area (TPSA) is 40.6 Å². The van der Waals surface area contributed by atoms with E-state index in [1.807, 2.05) is 0 Å². The van der Waals surface area contributed by atoms with Crippen molar-refractivity contribution in [3.63, 3.8) is 0 Å². The predicted octanol–water partition coefficient (Wildman–Crippen LogP) is 3.19. The Morgan fingerprint density at radius 2 is 1.79 bits per heavy atom. The van der Waals surface area contributed by atoms with Crippen molar-refractivity contribution in [2.75, 3.05) is 26.2 Å². The van der Waals surface area contributed by atoms with E-state index in [1.54, 1.807) is 4.90 Å². The van der Waals surface area contributed by atoms with Crippen LogP contribution in [0.4, 0.5) is 13.2 Å². The molecule has 3 heterocycles. The Morgan fingerprint density at radius 1 is 1.04 bits per heavy atom. The van der Waals surface area contributed by atoms with Crippen LogP contribution < -0.4 is 0 Å². The molecule has 2 fully saturated rings. The third-order valence-electron chi connectivity index (χ3n) is 4.67. The van der Waals surface area contributed by atoms with Crippen LogP contribution >= 0.6 is 11.3 Å². The summed E-state index contributed by atoms with van der Waals surface area (Å²) in [5, 5.41) is 0. The highest BCUT2D eigenvalue weighted by atomic mass is 32.1. The molecule has 0 aromatic carbocycles. The molecule has 8 heteroatoms. The minimum absolute atomic E-state index is 0.199. The first-order valence-electron chi connectivity index (χ1n) is 8.11. The van der Waals surface area contributed by atoms with Crippen molar-refractivity contribution in [2.24, 2.45) is 0 Å². The summed E-state index contributed by atoms with van der Waals surface area (Å²) in [6.45, 7) is 3.04. The van der Waals surface area contributed by atoms with Gasteiger partial charge in [0.1, 0.15) is 0 Å². The second kappa shape index (κ2) is 6.84. The minimum atomic E-state index is -4.91. The average Bonchev–Trinajstić information content (AvgIpc) is 2.91. The maximum Gasteiger partial charge on any atom is 0.455 e. The summed E-state index contributed by atoms with van der Waals surface area (Å²) in [5.41, 5.74) is 0. The van der Waals surface area contributed by atoms with Crippen molar-refractivity contribution in [3.05, 3.63) is 21.9 Å². The maximum atomic E-state index is 12.6. The molecule has 3 rings (SSSR count). The van der Waals surface area contributed by atoms with Crippen LogP contribution in [0.1, 0.15) is 45.0 Å². The Morgan fingerprint density at radius 3 is 2.54 bits per heavy atom. The van der Waals surface area contributed by atoms with E-state index in [-0.39, 0.29) is 10.8 Å². The molecule has 2 aliphatic heterocycles. The number of hydrogen-bond acceptors (Lipinski definition) is 4. The molecule has 4 nitrogen and oxygen atoms in total. The molecule has 0 saturated carbocycles. The Bertz CT molecular complexity index is 629. The lowest BCUT2D eigenvalue weighted by Crippen LogP contribution is -2.54. The number of amides is 1. The Hall–Kier alpha value is -1.41. The van der Waals surface area contributed by atoms with Gasteiger partial charge >= 0.3 is 6.18 Å². The average molecular weight is 360 g/mol. The number of piperazine rings is 1. The second-order valence-corrected chi connectivity index (χ2v) is 7.36. The van der Waals surface area contributed by atoms with E-state index in [0.717, 1.165) is 32.0 Å². The van der Waals surface area contributed by atoms with Crippen LogP contribution in [0.2, 0.25) is 0 Å². The first-order chi connectivity index (χ1) is 11.4. The molecule has 0 bridgehead atoms. The summed E-state index contributed by atoms with van der Waals surface area (Å²) in [7, 11) is 0. The van der Waals surface area contributed by atoms with E-state index in [0.29, 0.717) is 30.5 Å². The van der Waals surface area contributed by atoms with Gasteiger partial charge in [-0.05, 0) is 31.5 Å². The quantitative estimate of drug-likeness (QED) is 0.761. The minimum Gasteiger partial charge on any atom is -0.335 e. The van der Waals surface area contributed by atoms with Crippen molar-refractivity contribution >= 4 is 23.0 Å². The summed E-state index contributed by atoms with van der Waals surface area (Å²) < 4.78 is 37.4. The van der Waals surface area contributed by atoms with Crippen molar-refractivity contribution in [1.29, 1.82) is 0 Å². The highest BCUT2D eigenvalue weighted by molar-refractivity contribution is 7.16. The SMILES string of the molecule is O=C(c1ccc(C(=O)C(F)(F)F)s1)N1CCN2CCCCCC2C1. The van der Waals surface area contributed by atoms with E-state index >= 15 is 0 Å². The normalized spacial score (nSPS) is 22.8. The van der Waals surface area contributed by atoms with Crippen LogP contribution in [-0.4, -0.2) is 59.9 Å². The molecule has 2 aliphatic rings. The molecule has 2 saturated heterocycles. The molecule has 24 heavy (non-hydrogen) atoms. The second-order valence-electron chi connectivity index (χ2n) is 6.28. The molecular weight excluding hydrogens is 341 g/mol. The molecule has 1 atom stereocenters. The van der Waals surface area contributed by atoms with Crippen molar-refractivity contribution in [3.8, 4) is 0 Å². The Balaban J connectivity index is 1.69. The van der Waals surface area contributed by atoms with Crippen LogP contribution in [0, 0.1) is 0 Å². The largest absolute Gasteiger partial charge is 0.455 e. The first kappa shape index (κ1) is 17.4. The summed E-state index contributed by atoms with van der Waals surface area (Å²) >= 11 is 0.629. The number of carbonyl (C=O) groups is 2. The molecule has 0 N–H and O–H groups in total. The number of alkyl halides is 3. The summed E-state index contributed by atoms with van der Waals surface area (Å²) in [6.07, 6.45) is -0.331. The number of fused-ring (bicyclic) bond motifs is 1. The molecule has 1 aromatic rings. The molecule has 1 amide bonds. The van der Waals surface area contributed by atoms with E-state index in [1.165, 1.54) is 18.9 Å². The molecule has 0 aliphatic carbocycles. The van der Waals surface area contributed by atoms with E-state index in [9.17, 15) is 22.8 Å². The fourth-order valence-corrected chi connectivity index (χ4v) is 4.32. The summed E-state index contributed by atoms with van der Waals surface area (Å²) in [6, 6.07) is 2.75. The number of halogens is 3. The number of Topliss-reactive ketones (excluding diaryl/α,β-unsaturated/α-hetero) is 1. The van der Waals surface area contributed by atoms with Crippen molar-refractivity contribution in [1.82, 2.24) is 9.80 Å². The van der Waals surface area contributed by atoms with Gasteiger partial charge in [0.05, 0.1) is 9.75 Å². The van der Waals surface area contributed by atoms with Gasteiger partial charge in [0.25, 0.3) is 11.7 Å². The third-order valence-corrected chi connectivity index (χ3v) is 5.74. The van der Waals surface area contributed by atoms with Gasteiger partial charge < -0.3 is 4.90 Å². The first-order valence-corrected chi connectivity index (χ1v) is 8.92. The standard InChI is InChI=1S/C16H19F3N2O2S/c17-16(18,19)14(22)12-5-6-13(24-12)15(23)21-9-8-20-7-3-1-2-4-11(20)10-21/h5-6,11H,1-4,7-10H2. The van der Waals surface area contributed by atoms with Crippen LogP contribution in [0.25, 0.3) is 0 Å². The number of nitrogens with zero attached hydrogens (tertiary/aromatic N) is 2. The van der Waals surface area contributed by atoms with Crippen LogP contribution in [0.5, 0.6) is 0 Å². The van der Waals surface area contributed by atoms with Crippen LogP contribution in [0.3, 0.4) is 0 Å². The molecule has 1 aromatic heterocycles. The Labute approximate surface area is 142 Å². The van der Waals surface area contributed by atoms with Gasteiger partial charge in [-0.15, -0.1) is 11.3 Å². The monoisotopic (exact) mass is 360 g/mol. The highest BCUT2D eigenvalue weighted by Crippen LogP contribution is 2.28. The fraction of sp³-hybridized carbons (Fsp3) is 0.625.